The van der Waals surface area contributed by atoms with E-state index in [9.17, 15) is 14.7 Å². The summed E-state index contributed by atoms with van der Waals surface area (Å²) >= 11 is 0. The molecular weight excluding hydrogens is 472 g/mol. The lowest BCUT2D eigenvalue weighted by Crippen LogP contribution is -2.20. The quantitative estimate of drug-likeness (QED) is 0.194. The highest BCUT2D eigenvalue weighted by atomic mass is 16.3. The summed E-state index contributed by atoms with van der Waals surface area (Å²) in [6.45, 7) is 0.176. The topological polar surface area (TPSA) is 79.1 Å². The second-order valence-corrected chi connectivity index (χ2v) is 8.89. The third-order valence-corrected chi connectivity index (χ3v) is 6.05. The third kappa shape index (κ3) is 7.76. The van der Waals surface area contributed by atoms with Crippen LogP contribution < -0.4 is 0 Å². The van der Waals surface area contributed by atoms with Crippen molar-refractivity contribution in [2.45, 2.75) is 18.9 Å². The summed E-state index contributed by atoms with van der Waals surface area (Å²) in [7, 11) is 0. The van der Waals surface area contributed by atoms with Crippen LogP contribution >= 0.6 is 0 Å². The van der Waals surface area contributed by atoms with E-state index in [1.54, 1.807) is 24.3 Å². The predicted octanol–water partition coefficient (Wildman–Crippen LogP) is 5.87. The number of hydrogen-bond acceptors (Lipinski definition) is 5. The van der Waals surface area contributed by atoms with Gasteiger partial charge in [-0.2, -0.15) is 0 Å². The van der Waals surface area contributed by atoms with Crippen molar-refractivity contribution < 1.29 is 14.7 Å². The van der Waals surface area contributed by atoms with E-state index < -0.39 is 6.10 Å². The molecule has 0 fully saturated rings. The van der Waals surface area contributed by atoms with E-state index in [4.69, 9.17) is 0 Å². The van der Waals surface area contributed by atoms with Gasteiger partial charge in [-0.05, 0) is 11.1 Å². The Hall–Kier alpha value is -4.48. The summed E-state index contributed by atoms with van der Waals surface area (Å²) in [5, 5.41) is 10.8. The maximum absolute atomic E-state index is 12.9. The fourth-order valence-electron chi connectivity index (χ4n) is 4.00. The van der Waals surface area contributed by atoms with Crippen LogP contribution in [0.5, 0.6) is 0 Å². The van der Waals surface area contributed by atoms with Crippen LogP contribution in [0.15, 0.2) is 131 Å². The number of nitrogens with zero attached hydrogens (tertiary/aromatic N) is 2. The predicted molar refractivity (Wildman–Crippen MR) is 152 cm³/mol. The Balaban J connectivity index is 1.49. The second-order valence-electron chi connectivity index (χ2n) is 8.89. The molecule has 0 saturated heterocycles. The van der Waals surface area contributed by atoms with Crippen molar-refractivity contribution in [1.29, 1.82) is 0 Å². The molecule has 0 aromatic heterocycles. The number of benzene rings is 4. The molecule has 0 spiro atoms. The van der Waals surface area contributed by atoms with Crippen molar-refractivity contribution in [3.8, 4) is 0 Å². The van der Waals surface area contributed by atoms with Crippen molar-refractivity contribution in [2.24, 2.45) is 9.98 Å². The molecule has 0 atom stereocenters. The highest BCUT2D eigenvalue weighted by molar-refractivity contribution is 6.16. The Morgan fingerprint density at radius 1 is 0.500 bits per heavy atom. The molecule has 0 bridgehead atoms. The molecule has 0 heterocycles. The summed E-state index contributed by atoms with van der Waals surface area (Å²) in [6, 6.07) is 37.3. The standard InChI is InChI=1S/C33H30N2O3/c36-29(23-34-30(25-13-5-1-6-14-25)21-32(37)27-17-9-3-10-18-27)24-35-31(26-15-7-2-8-16-26)22-33(38)28-19-11-4-12-20-28/h1-20,29,36H,21-24H2. The van der Waals surface area contributed by atoms with Crippen LogP contribution in [0.1, 0.15) is 44.7 Å². The number of ketones is 2. The van der Waals surface area contributed by atoms with Crippen LogP contribution in [-0.2, 0) is 0 Å². The molecule has 5 nitrogen and oxygen atoms in total. The van der Waals surface area contributed by atoms with E-state index in [1.807, 2.05) is 97.1 Å². The normalized spacial score (nSPS) is 12.7. The zero-order valence-corrected chi connectivity index (χ0v) is 21.1. The first-order valence-corrected chi connectivity index (χ1v) is 12.6. The van der Waals surface area contributed by atoms with Gasteiger partial charge < -0.3 is 5.11 Å². The molecule has 4 rings (SSSR count). The number of aliphatic hydroxyl groups excluding tert-OH is 1. The van der Waals surface area contributed by atoms with E-state index in [0.29, 0.717) is 22.6 Å². The summed E-state index contributed by atoms with van der Waals surface area (Å²) in [4.78, 5) is 35.0. The zero-order valence-electron chi connectivity index (χ0n) is 21.1. The van der Waals surface area contributed by atoms with E-state index in [-0.39, 0.29) is 37.5 Å². The summed E-state index contributed by atoms with van der Waals surface area (Å²) in [5.41, 5.74) is 4.15. The molecular formula is C33H30N2O3. The van der Waals surface area contributed by atoms with Gasteiger partial charge in [-0.25, -0.2) is 0 Å². The summed E-state index contributed by atoms with van der Waals surface area (Å²) in [6.07, 6.45) is -0.610. The second kappa shape index (κ2) is 13.7. The number of carbonyl (C=O) groups is 2. The van der Waals surface area contributed by atoms with Crippen LogP contribution in [0.25, 0.3) is 0 Å². The van der Waals surface area contributed by atoms with Crippen LogP contribution in [0.3, 0.4) is 0 Å². The van der Waals surface area contributed by atoms with Crippen LogP contribution in [-0.4, -0.2) is 47.3 Å². The Bertz CT molecular complexity index is 1270. The first-order valence-electron chi connectivity index (χ1n) is 12.6. The molecule has 0 amide bonds. The Morgan fingerprint density at radius 3 is 1.11 bits per heavy atom. The van der Waals surface area contributed by atoms with Crippen LogP contribution in [0.2, 0.25) is 0 Å². The average molecular weight is 503 g/mol. The Labute approximate surface area is 223 Å². The molecule has 0 aliphatic carbocycles. The molecule has 1 N–H and O–H groups in total. The number of rotatable bonds is 12. The summed E-state index contributed by atoms with van der Waals surface area (Å²) < 4.78 is 0. The molecule has 38 heavy (non-hydrogen) atoms. The van der Waals surface area contributed by atoms with Gasteiger partial charge in [0.15, 0.2) is 11.6 Å². The van der Waals surface area contributed by atoms with Crippen molar-refractivity contribution in [1.82, 2.24) is 0 Å². The van der Waals surface area contributed by atoms with Gasteiger partial charge in [0.05, 0.1) is 32.0 Å². The average Bonchev–Trinajstić information content (AvgIpc) is 2.99. The monoisotopic (exact) mass is 502 g/mol. The maximum Gasteiger partial charge on any atom is 0.168 e. The molecule has 0 aliphatic rings. The van der Waals surface area contributed by atoms with Crippen molar-refractivity contribution in [3.63, 3.8) is 0 Å². The van der Waals surface area contributed by atoms with Crippen LogP contribution in [0, 0.1) is 0 Å². The molecule has 0 aliphatic heterocycles. The minimum Gasteiger partial charge on any atom is -0.389 e. The fraction of sp³-hybridized carbons (Fsp3) is 0.152. The van der Waals surface area contributed by atoms with Gasteiger partial charge in [0.25, 0.3) is 0 Å². The molecule has 4 aromatic rings. The van der Waals surface area contributed by atoms with Gasteiger partial charge >= 0.3 is 0 Å². The van der Waals surface area contributed by atoms with Gasteiger partial charge in [-0.1, -0.05) is 121 Å². The van der Waals surface area contributed by atoms with Gasteiger partial charge in [-0.15, -0.1) is 0 Å². The molecule has 5 heteroatoms. The molecule has 4 aromatic carbocycles. The molecule has 190 valence electrons. The van der Waals surface area contributed by atoms with E-state index in [1.165, 1.54) is 0 Å². The zero-order chi connectivity index (χ0) is 26.6. The van der Waals surface area contributed by atoms with Crippen molar-refractivity contribution in [3.05, 3.63) is 144 Å². The van der Waals surface area contributed by atoms with Gasteiger partial charge in [0.1, 0.15) is 0 Å². The van der Waals surface area contributed by atoms with Gasteiger partial charge in [0, 0.05) is 22.6 Å². The highest BCUT2D eigenvalue weighted by Crippen LogP contribution is 2.13. The first kappa shape index (κ1) is 26.6. The molecule has 0 unspecified atom stereocenters. The number of aliphatic imine (C=N–C) groups is 2. The summed E-state index contributed by atoms with van der Waals surface area (Å²) in [5.74, 6) is -0.0713. The molecule has 0 radical (unpaired) electrons. The number of Topliss-reactive ketones (excluding diaryl/α,β-unsaturated/α-hetero) is 2. The Morgan fingerprint density at radius 2 is 0.789 bits per heavy atom. The lowest BCUT2D eigenvalue weighted by atomic mass is 10.0. The van der Waals surface area contributed by atoms with E-state index in [0.717, 1.165) is 11.1 Å². The fourth-order valence-corrected chi connectivity index (χ4v) is 4.00. The third-order valence-electron chi connectivity index (χ3n) is 6.05. The van der Waals surface area contributed by atoms with Gasteiger partial charge in [-0.3, -0.25) is 19.6 Å². The van der Waals surface area contributed by atoms with Crippen molar-refractivity contribution in [2.75, 3.05) is 13.1 Å². The highest BCUT2D eigenvalue weighted by Gasteiger charge is 2.15. The number of aliphatic hydroxyl groups is 1. The Kier molecular flexibility index (Phi) is 9.60. The SMILES string of the molecule is O=C(CC(=NCC(O)CN=C(CC(=O)c1ccccc1)c1ccccc1)c1ccccc1)c1ccccc1. The first-order chi connectivity index (χ1) is 18.6. The lowest BCUT2D eigenvalue weighted by Gasteiger charge is -2.11. The maximum atomic E-state index is 12.9. The smallest absolute Gasteiger partial charge is 0.168 e. The van der Waals surface area contributed by atoms with E-state index in [2.05, 4.69) is 9.98 Å². The minimum absolute atomic E-state index is 0.0356. The van der Waals surface area contributed by atoms with E-state index >= 15 is 0 Å². The lowest BCUT2D eigenvalue weighted by molar-refractivity contribution is 0.0992. The molecule has 0 saturated carbocycles. The number of carbonyl (C=O) groups excluding carboxylic acids is 2. The van der Waals surface area contributed by atoms with Gasteiger partial charge in [0.2, 0.25) is 0 Å². The van der Waals surface area contributed by atoms with Crippen molar-refractivity contribution >= 4 is 23.0 Å². The number of hydrogen-bond donors (Lipinski definition) is 1. The largest absolute Gasteiger partial charge is 0.389 e. The van der Waals surface area contributed by atoms with Crippen LogP contribution in [0.4, 0.5) is 0 Å². The minimum atomic E-state index is -0.869.